The van der Waals surface area contributed by atoms with Gasteiger partial charge in [-0.2, -0.15) is 0 Å². The van der Waals surface area contributed by atoms with Crippen LogP contribution >= 0.6 is 0 Å². The van der Waals surface area contributed by atoms with Gasteiger partial charge in [-0.25, -0.2) is 15.0 Å². The molecule has 1 saturated carbocycles. The van der Waals surface area contributed by atoms with Crippen molar-refractivity contribution in [1.29, 1.82) is 0 Å². The number of imidazole rings is 1. The van der Waals surface area contributed by atoms with E-state index >= 15 is 0 Å². The summed E-state index contributed by atoms with van der Waals surface area (Å²) in [4.78, 5) is 16.2. The Labute approximate surface area is 103 Å². The number of furan rings is 1. The van der Waals surface area contributed by atoms with Gasteiger partial charge in [0.25, 0.3) is 0 Å². The molecule has 5 heteroatoms. The first-order valence-corrected chi connectivity index (χ1v) is 6.11. The van der Waals surface area contributed by atoms with Crippen molar-refractivity contribution in [2.45, 2.75) is 18.8 Å². The molecule has 5 nitrogen and oxygen atoms in total. The number of H-pyrrole nitrogens is 1. The average Bonchev–Trinajstić information content (AvgIpc) is 2.91. The lowest BCUT2D eigenvalue weighted by Gasteiger charge is -2.11. The van der Waals surface area contributed by atoms with Crippen LogP contribution in [-0.4, -0.2) is 19.9 Å². The van der Waals surface area contributed by atoms with Gasteiger partial charge in [-0.15, -0.1) is 0 Å². The fourth-order valence-electron chi connectivity index (χ4n) is 2.37. The second kappa shape index (κ2) is 3.66. The van der Waals surface area contributed by atoms with Crippen molar-refractivity contribution in [3.05, 3.63) is 42.5 Å². The zero-order chi connectivity index (χ0) is 11.9. The molecule has 0 spiro atoms. The summed E-state index contributed by atoms with van der Waals surface area (Å²) in [5, 5.41) is 0. The number of rotatable bonds is 3. The van der Waals surface area contributed by atoms with E-state index in [1.54, 1.807) is 18.8 Å². The molecule has 18 heavy (non-hydrogen) atoms. The Morgan fingerprint density at radius 1 is 1.33 bits per heavy atom. The second-order valence-corrected chi connectivity index (χ2v) is 4.70. The molecule has 0 amide bonds. The van der Waals surface area contributed by atoms with Crippen LogP contribution in [0.5, 0.6) is 0 Å². The number of aromatic nitrogens is 4. The molecule has 1 N–H and O–H groups in total. The Morgan fingerprint density at radius 3 is 3.06 bits per heavy atom. The lowest BCUT2D eigenvalue weighted by Crippen LogP contribution is -2.07. The summed E-state index contributed by atoms with van der Waals surface area (Å²) in [6.07, 6.45) is 7.57. The van der Waals surface area contributed by atoms with Crippen molar-refractivity contribution >= 4 is 11.2 Å². The van der Waals surface area contributed by atoms with E-state index in [1.807, 2.05) is 12.1 Å². The van der Waals surface area contributed by atoms with Gasteiger partial charge in [0.05, 0.1) is 24.7 Å². The number of hydrogen-bond acceptors (Lipinski definition) is 4. The van der Waals surface area contributed by atoms with Gasteiger partial charge in [0.1, 0.15) is 17.1 Å². The number of aromatic amines is 1. The van der Waals surface area contributed by atoms with Gasteiger partial charge in [0.2, 0.25) is 0 Å². The van der Waals surface area contributed by atoms with Gasteiger partial charge in [-0.05, 0) is 30.9 Å². The number of fused-ring (bicyclic) bond motifs is 1. The van der Waals surface area contributed by atoms with Gasteiger partial charge in [0, 0.05) is 0 Å². The quantitative estimate of drug-likeness (QED) is 0.763. The molecule has 0 bridgehead atoms. The van der Waals surface area contributed by atoms with Gasteiger partial charge in [-0.1, -0.05) is 0 Å². The van der Waals surface area contributed by atoms with Crippen LogP contribution in [0.4, 0.5) is 0 Å². The fraction of sp³-hybridized carbons (Fsp3) is 0.308. The van der Waals surface area contributed by atoms with E-state index in [9.17, 15) is 0 Å². The topological polar surface area (TPSA) is 67.6 Å². The second-order valence-electron chi connectivity index (χ2n) is 4.70. The van der Waals surface area contributed by atoms with E-state index < -0.39 is 0 Å². The highest BCUT2D eigenvalue weighted by Gasteiger charge is 2.37. The van der Waals surface area contributed by atoms with Crippen molar-refractivity contribution in [3.8, 4) is 0 Å². The maximum Gasteiger partial charge on any atom is 0.180 e. The van der Waals surface area contributed by atoms with Gasteiger partial charge >= 0.3 is 0 Å². The molecule has 3 heterocycles. The summed E-state index contributed by atoms with van der Waals surface area (Å²) in [7, 11) is 0. The molecule has 1 aliphatic carbocycles. The highest BCUT2D eigenvalue weighted by Crippen LogP contribution is 2.45. The van der Waals surface area contributed by atoms with E-state index in [4.69, 9.17) is 4.42 Å². The maximum absolute atomic E-state index is 5.54. The van der Waals surface area contributed by atoms with Gasteiger partial charge in [0.15, 0.2) is 5.65 Å². The zero-order valence-corrected chi connectivity index (χ0v) is 9.71. The lowest BCUT2D eigenvalue weighted by atomic mass is 10.00. The predicted octanol–water partition coefficient (Wildman–Crippen LogP) is 2.49. The van der Waals surface area contributed by atoms with Crippen LogP contribution < -0.4 is 0 Å². The summed E-state index contributed by atoms with van der Waals surface area (Å²) >= 11 is 0. The van der Waals surface area contributed by atoms with Crippen molar-refractivity contribution in [2.75, 3.05) is 0 Å². The summed E-state index contributed by atoms with van der Waals surface area (Å²) in [6.45, 7) is 0. The van der Waals surface area contributed by atoms with Crippen molar-refractivity contribution in [2.24, 2.45) is 5.92 Å². The van der Waals surface area contributed by atoms with E-state index in [2.05, 4.69) is 19.9 Å². The third-order valence-electron chi connectivity index (χ3n) is 3.42. The zero-order valence-electron chi connectivity index (χ0n) is 9.71. The summed E-state index contributed by atoms with van der Waals surface area (Å²) in [5.74, 6) is 2.54. The molecule has 0 aromatic carbocycles. The van der Waals surface area contributed by atoms with Crippen LogP contribution in [0.2, 0.25) is 0 Å². The molecule has 0 radical (unpaired) electrons. The maximum atomic E-state index is 5.54. The van der Waals surface area contributed by atoms with E-state index in [0.29, 0.717) is 5.92 Å². The van der Waals surface area contributed by atoms with Crippen molar-refractivity contribution < 1.29 is 4.42 Å². The Kier molecular flexibility index (Phi) is 2.00. The minimum atomic E-state index is 0.168. The van der Waals surface area contributed by atoms with Crippen LogP contribution in [-0.2, 0) is 0 Å². The first-order chi connectivity index (χ1) is 8.92. The summed E-state index contributed by atoms with van der Waals surface area (Å²) < 4.78 is 5.54. The molecule has 0 aliphatic heterocycles. The summed E-state index contributed by atoms with van der Waals surface area (Å²) in [6, 6.07) is 3.92. The van der Waals surface area contributed by atoms with Crippen molar-refractivity contribution in [1.82, 2.24) is 19.9 Å². The first-order valence-electron chi connectivity index (χ1n) is 6.11. The molecule has 90 valence electrons. The predicted molar refractivity (Wildman–Crippen MR) is 65.0 cm³/mol. The first kappa shape index (κ1) is 9.82. The number of nitrogens with one attached hydrogen (secondary N) is 1. The van der Waals surface area contributed by atoms with Crippen LogP contribution in [0, 0.1) is 5.92 Å². The molecule has 1 fully saturated rings. The third kappa shape index (κ3) is 1.51. The van der Waals surface area contributed by atoms with Gasteiger partial charge in [-0.3, -0.25) is 0 Å². The Hall–Kier alpha value is -2.17. The highest BCUT2D eigenvalue weighted by molar-refractivity contribution is 5.68. The normalized spacial score (nSPS) is 17.1. The van der Waals surface area contributed by atoms with Crippen LogP contribution in [0.1, 0.15) is 30.3 Å². The highest BCUT2D eigenvalue weighted by atomic mass is 16.3. The average molecular weight is 240 g/mol. The molecule has 3 aromatic heterocycles. The minimum Gasteiger partial charge on any atom is -0.469 e. The SMILES string of the molecule is c1coc(C(c2ncc3[nH]cnc3n2)C2CC2)c1. The molecule has 4 rings (SSSR count). The smallest absolute Gasteiger partial charge is 0.180 e. The number of nitrogens with zero attached hydrogens (tertiary/aromatic N) is 3. The molecular weight excluding hydrogens is 228 g/mol. The molecular formula is C13H12N4O. The van der Waals surface area contributed by atoms with E-state index in [-0.39, 0.29) is 5.92 Å². The monoisotopic (exact) mass is 240 g/mol. The lowest BCUT2D eigenvalue weighted by molar-refractivity contribution is 0.457. The van der Waals surface area contributed by atoms with E-state index in [1.165, 1.54) is 12.8 Å². The molecule has 1 unspecified atom stereocenters. The van der Waals surface area contributed by atoms with Crippen LogP contribution in [0.3, 0.4) is 0 Å². The van der Waals surface area contributed by atoms with E-state index in [0.717, 1.165) is 22.7 Å². The minimum absolute atomic E-state index is 0.168. The standard InChI is InChI=1S/C13H12N4O/c1-2-10(18-5-1)11(8-3-4-8)13-14-6-9-12(17-13)16-7-15-9/h1-2,5-8,11H,3-4H2,(H,14,15,16,17). The molecule has 0 saturated heterocycles. The Morgan fingerprint density at radius 2 is 2.28 bits per heavy atom. The Bertz CT molecular complexity index is 669. The molecule has 1 aliphatic rings. The fourth-order valence-corrected chi connectivity index (χ4v) is 2.37. The van der Waals surface area contributed by atoms with Crippen LogP contribution in [0.15, 0.2) is 35.3 Å². The molecule has 3 aromatic rings. The summed E-state index contributed by atoms with van der Waals surface area (Å²) in [5.41, 5.74) is 1.59. The van der Waals surface area contributed by atoms with Crippen molar-refractivity contribution in [3.63, 3.8) is 0 Å². The molecule has 1 atom stereocenters. The van der Waals surface area contributed by atoms with Gasteiger partial charge < -0.3 is 9.40 Å². The number of hydrogen-bond donors (Lipinski definition) is 1. The largest absolute Gasteiger partial charge is 0.469 e. The Balaban J connectivity index is 1.82. The van der Waals surface area contributed by atoms with Crippen LogP contribution in [0.25, 0.3) is 11.2 Å². The third-order valence-corrected chi connectivity index (χ3v) is 3.42.